The molecule has 0 unspecified atom stereocenters. The van der Waals surface area contributed by atoms with Crippen molar-refractivity contribution in [3.63, 3.8) is 0 Å². The van der Waals surface area contributed by atoms with Gasteiger partial charge in [0.05, 0.1) is 10.0 Å². The summed E-state index contributed by atoms with van der Waals surface area (Å²) in [5, 5.41) is 4.11. The van der Waals surface area contributed by atoms with Crippen molar-refractivity contribution in [1.82, 2.24) is 0 Å². The van der Waals surface area contributed by atoms with Crippen molar-refractivity contribution in [2.24, 2.45) is 0 Å². The Kier molecular flexibility index (Phi) is 4.61. The molecular weight excluding hydrogens is 291 g/mol. The van der Waals surface area contributed by atoms with Crippen LogP contribution >= 0.6 is 23.2 Å². The van der Waals surface area contributed by atoms with Crippen molar-refractivity contribution in [2.45, 2.75) is 13.0 Å². The molecule has 0 saturated heterocycles. The highest BCUT2D eigenvalue weighted by Crippen LogP contribution is 2.25. The standard InChI is InChI=1S/C14H11Cl2F2N/c15-12-6-5-11(7-13(12)16)19-8-9-1-3-10(4-2-9)14(17)18/h1-7,14,19H,8H2. The van der Waals surface area contributed by atoms with Crippen LogP contribution in [0, 0.1) is 0 Å². The highest BCUT2D eigenvalue weighted by atomic mass is 35.5. The van der Waals surface area contributed by atoms with E-state index in [1.54, 1.807) is 24.3 Å². The molecule has 1 nitrogen and oxygen atoms in total. The molecule has 1 N–H and O–H groups in total. The third kappa shape index (κ3) is 3.82. The Hall–Kier alpha value is -1.32. The minimum absolute atomic E-state index is 0.0262. The van der Waals surface area contributed by atoms with Crippen molar-refractivity contribution >= 4 is 28.9 Å². The van der Waals surface area contributed by atoms with Crippen LogP contribution in [0.1, 0.15) is 17.6 Å². The molecule has 0 aliphatic rings. The highest BCUT2D eigenvalue weighted by Gasteiger charge is 2.05. The molecule has 100 valence electrons. The SMILES string of the molecule is FC(F)c1ccc(CNc2ccc(Cl)c(Cl)c2)cc1. The van der Waals surface area contributed by atoms with Gasteiger partial charge in [-0.15, -0.1) is 0 Å². The Labute approximate surface area is 120 Å². The molecule has 0 amide bonds. The Balaban J connectivity index is 2.00. The summed E-state index contributed by atoms with van der Waals surface area (Å²) in [4.78, 5) is 0. The summed E-state index contributed by atoms with van der Waals surface area (Å²) in [6.07, 6.45) is -2.43. The normalized spacial score (nSPS) is 10.8. The molecule has 0 radical (unpaired) electrons. The average Bonchev–Trinajstić information content (AvgIpc) is 2.40. The summed E-state index contributed by atoms with van der Waals surface area (Å²) >= 11 is 11.7. The molecule has 0 aliphatic heterocycles. The van der Waals surface area contributed by atoms with Gasteiger partial charge in [0.15, 0.2) is 0 Å². The minimum atomic E-state index is -2.43. The van der Waals surface area contributed by atoms with Gasteiger partial charge in [-0.05, 0) is 23.8 Å². The topological polar surface area (TPSA) is 12.0 Å². The van der Waals surface area contributed by atoms with Gasteiger partial charge in [-0.25, -0.2) is 8.78 Å². The lowest BCUT2D eigenvalue weighted by Gasteiger charge is -2.08. The second-order valence-corrected chi connectivity index (χ2v) is 4.84. The molecule has 19 heavy (non-hydrogen) atoms. The number of nitrogens with one attached hydrogen (secondary N) is 1. The van der Waals surface area contributed by atoms with Crippen LogP contribution in [0.15, 0.2) is 42.5 Å². The summed E-state index contributed by atoms with van der Waals surface area (Å²) in [6, 6.07) is 11.4. The van der Waals surface area contributed by atoms with E-state index >= 15 is 0 Å². The average molecular weight is 302 g/mol. The van der Waals surface area contributed by atoms with Crippen molar-refractivity contribution in [2.75, 3.05) is 5.32 Å². The maximum Gasteiger partial charge on any atom is 0.263 e. The Morgan fingerprint density at radius 3 is 2.21 bits per heavy atom. The zero-order chi connectivity index (χ0) is 13.8. The summed E-state index contributed by atoms with van der Waals surface area (Å²) in [6.45, 7) is 0.529. The van der Waals surface area contributed by atoms with E-state index in [0.29, 0.717) is 16.6 Å². The van der Waals surface area contributed by atoms with Crippen LogP contribution < -0.4 is 5.32 Å². The van der Waals surface area contributed by atoms with Crippen LogP contribution in [-0.2, 0) is 6.54 Å². The first-order chi connectivity index (χ1) is 9.06. The number of alkyl halides is 2. The first-order valence-electron chi connectivity index (χ1n) is 5.62. The Bertz CT molecular complexity index is 556. The molecule has 2 rings (SSSR count). The molecule has 0 saturated carbocycles. The van der Waals surface area contributed by atoms with Crippen LogP contribution in [0.25, 0.3) is 0 Å². The molecule has 0 heterocycles. The van der Waals surface area contributed by atoms with Crippen LogP contribution in [-0.4, -0.2) is 0 Å². The van der Waals surface area contributed by atoms with Crippen molar-refractivity contribution in [3.05, 3.63) is 63.6 Å². The lowest BCUT2D eigenvalue weighted by atomic mass is 10.1. The summed E-state index contributed by atoms with van der Waals surface area (Å²) < 4.78 is 24.8. The summed E-state index contributed by atoms with van der Waals surface area (Å²) in [5.41, 5.74) is 1.76. The second-order valence-electron chi connectivity index (χ2n) is 4.02. The number of rotatable bonds is 4. The monoisotopic (exact) mass is 301 g/mol. The first kappa shape index (κ1) is 14.1. The summed E-state index contributed by atoms with van der Waals surface area (Å²) in [5.74, 6) is 0. The van der Waals surface area contributed by atoms with Gasteiger partial charge in [0.1, 0.15) is 0 Å². The largest absolute Gasteiger partial charge is 0.381 e. The quantitative estimate of drug-likeness (QED) is 0.781. The fourth-order valence-electron chi connectivity index (χ4n) is 1.59. The highest BCUT2D eigenvalue weighted by molar-refractivity contribution is 6.42. The zero-order valence-electron chi connectivity index (χ0n) is 9.84. The van der Waals surface area contributed by atoms with Crippen LogP contribution in [0.5, 0.6) is 0 Å². The van der Waals surface area contributed by atoms with Gasteiger partial charge in [0.25, 0.3) is 6.43 Å². The van der Waals surface area contributed by atoms with E-state index in [9.17, 15) is 8.78 Å². The summed E-state index contributed by atoms with van der Waals surface area (Å²) in [7, 11) is 0. The van der Waals surface area contributed by atoms with Gasteiger partial charge in [-0.3, -0.25) is 0 Å². The smallest absolute Gasteiger partial charge is 0.263 e. The van der Waals surface area contributed by atoms with Crippen molar-refractivity contribution in [1.29, 1.82) is 0 Å². The lowest BCUT2D eigenvalue weighted by molar-refractivity contribution is 0.151. The first-order valence-corrected chi connectivity index (χ1v) is 6.38. The molecule has 0 spiro atoms. The van der Waals surface area contributed by atoms with Gasteiger partial charge in [-0.2, -0.15) is 0 Å². The lowest BCUT2D eigenvalue weighted by Crippen LogP contribution is -1.99. The van der Waals surface area contributed by atoms with E-state index in [1.165, 1.54) is 12.1 Å². The van der Waals surface area contributed by atoms with Crippen LogP contribution in [0.3, 0.4) is 0 Å². The van der Waals surface area contributed by atoms with Gasteiger partial charge in [0, 0.05) is 17.8 Å². The van der Waals surface area contributed by atoms with Gasteiger partial charge < -0.3 is 5.32 Å². The number of halogens is 4. The van der Waals surface area contributed by atoms with E-state index in [4.69, 9.17) is 23.2 Å². The zero-order valence-corrected chi connectivity index (χ0v) is 11.3. The molecule has 0 fully saturated rings. The predicted molar refractivity (Wildman–Crippen MR) is 75.2 cm³/mol. The molecule has 0 bridgehead atoms. The fraction of sp³-hybridized carbons (Fsp3) is 0.143. The third-order valence-electron chi connectivity index (χ3n) is 2.65. The van der Waals surface area contributed by atoms with Gasteiger partial charge in [0.2, 0.25) is 0 Å². The van der Waals surface area contributed by atoms with Gasteiger partial charge in [-0.1, -0.05) is 47.5 Å². The molecular formula is C14H11Cl2F2N. The maximum absolute atomic E-state index is 12.4. The van der Waals surface area contributed by atoms with Crippen molar-refractivity contribution < 1.29 is 8.78 Å². The molecule has 0 atom stereocenters. The number of hydrogen-bond donors (Lipinski definition) is 1. The fourth-order valence-corrected chi connectivity index (χ4v) is 1.89. The van der Waals surface area contributed by atoms with Gasteiger partial charge >= 0.3 is 0 Å². The number of hydrogen-bond acceptors (Lipinski definition) is 1. The van der Waals surface area contributed by atoms with E-state index < -0.39 is 6.43 Å². The van der Waals surface area contributed by atoms with E-state index in [1.807, 2.05) is 6.07 Å². The third-order valence-corrected chi connectivity index (χ3v) is 3.39. The Morgan fingerprint density at radius 2 is 1.63 bits per heavy atom. The maximum atomic E-state index is 12.4. The molecule has 0 aliphatic carbocycles. The predicted octanol–water partition coefficient (Wildman–Crippen LogP) is 5.54. The molecule has 5 heteroatoms. The molecule has 2 aromatic carbocycles. The number of anilines is 1. The van der Waals surface area contributed by atoms with Crippen LogP contribution in [0.4, 0.5) is 14.5 Å². The Morgan fingerprint density at radius 1 is 0.947 bits per heavy atom. The van der Waals surface area contributed by atoms with E-state index in [0.717, 1.165) is 11.3 Å². The van der Waals surface area contributed by atoms with Crippen LogP contribution in [0.2, 0.25) is 10.0 Å². The molecule has 2 aromatic rings. The van der Waals surface area contributed by atoms with Crippen molar-refractivity contribution in [3.8, 4) is 0 Å². The molecule has 0 aromatic heterocycles. The second kappa shape index (κ2) is 6.22. The minimum Gasteiger partial charge on any atom is -0.381 e. The van der Waals surface area contributed by atoms with E-state index in [2.05, 4.69) is 5.32 Å². The number of benzene rings is 2. The van der Waals surface area contributed by atoms with E-state index in [-0.39, 0.29) is 5.56 Å².